The monoisotopic (exact) mass is 310 g/mol. The Morgan fingerprint density at radius 1 is 1.00 bits per heavy atom. The van der Waals surface area contributed by atoms with Gasteiger partial charge >= 0.3 is 0 Å². The zero-order valence-corrected chi connectivity index (χ0v) is 11.7. The van der Waals surface area contributed by atoms with E-state index in [1.165, 1.54) is 41.7 Å². The maximum Gasteiger partial charge on any atom is 0.123 e. The third-order valence-corrected chi connectivity index (χ3v) is 4.53. The smallest absolute Gasteiger partial charge is 0.123 e. The van der Waals surface area contributed by atoms with Crippen LogP contribution in [0.4, 0.5) is 8.78 Å². The second-order valence-corrected chi connectivity index (χ2v) is 5.92. The number of fused-ring (bicyclic) bond motifs is 1. The first-order valence-corrected chi connectivity index (χ1v) is 7.06. The summed E-state index contributed by atoms with van der Waals surface area (Å²) < 4.78 is 27.3. The van der Waals surface area contributed by atoms with E-state index in [1.807, 2.05) is 0 Å². The molecule has 0 fully saturated rings. The molecule has 1 unspecified atom stereocenters. The Hall–Kier alpha value is -1.49. The van der Waals surface area contributed by atoms with Gasteiger partial charge in [0, 0.05) is 20.2 Å². The largest absolute Gasteiger partial charge is 0.383 e. The van der Waals surface area contributed by atoms with Crippen LogP contribution in [-0.2, 0) is 0 Å². The van der Waals surface area contributed by atoms with Crippen molar-refractivity contribution < 1.29 is 13.9 Å². The van der Waals surface area contributed by atoms with Crippen LogP contribution in [0.5, 0.6) is 0 Å². The van der Waals surface area contributed by atoms with Gasteiger partial charge in [0.1, 0.15) is 17.7 Å². The van der Waals surface area contributed by atoms with Gasteiger partial charge in [-0.15, -0.1) is 11.3 Å². The van der Waals surface area contributed by atoms with Crippen molar-refractivity contribution in [2.24, 2.45) is 0 Å². The zero-order chi connectivity index (χ0) is 14.3. The Kier molecular flexibility index (Phi) is 3.46. The van der Waals surface area contributed by atoms with Crippen molar-refractivity contribution in [1.82, 2.24) is 0 Å². The zero-order valence-electron chi connectivity index (χ0n) is 10.1. The van der Waals surface area contributed by atoms with Crippen LogP contribution in [0, 0.1) is 11.6 Å². The van der Waals surface area contributed by atoms with Crippen LogP contribution in [0.2, 0.25) is 5.02 Å². The van der Waals surface area contributed by atoms with E-state index in [4.69, 9.17) is 11.6 Å². The molecule has 3 aromatic rings. The molecule has 1 nitrogen and oxygen atoms in total. The number of halogens is 3. The maximum atomic E-state index is 13.3. The third kappa shape index (κ3) is 2.42. The fraction of sp³-hybridized carbons (Fsp3) is 0.0667. The molecule has 1 atom stereocenters. The first kappa shape index (κ1) is 13.5. The molecule has 0 saturated carbocycles. The topological polar surface area (TPSA) is 20.2 Å². The molecular formula is C15H9ClF2OS. The Labute approximate surface area is 123 Å². The van der Waals surface area contributed by atoms with E-state index in [-0.39, 0.29) is 5.82 Å². The molecule has 102 valence electrons. The molecule has 1 aromatic heterocycles. The van der Waals surface area contributed by atoms with Crippen molar-refractivity contribution in [3.05, 3.63) is 69.6 Å². The van der Waals surface area contributed by atoms with Gasteiger partial charge in [0.25, 0.3) is 0 Å². The van der Waals surface area contributed by atoms with E-state index in [0.29, 0.717) is 20.8 Å². The predicted octanol–water partition coefficient (Wildman–Crippen LogP) is 4.91. The molecule has 1 N–H and O–H groups in total. The van der Waals surface area contributed by atoms with Gasteiger partial charge in [-0.05, 0) is 47.9 Å². The van der Waals surface area contributed by atoms with Crippen molar-refractivity contribution in [2.75, 3.05) is 0 Å². The minimum absolute atomic E-state index is 0.294. The normalized spacial score (nSPS) is 12.8. The molecule has 0 amide bonds. The lowest BCUT2D eigenvalue weighted by Gasteiger charge is -2.10. The summed E-state index contributed by atoms with van der Waals surface area (Å²) in [6.45, 7) is 0. The molecule has 0 bridgehead atoms. The van der Waals surface area contributed by atoms with Crippen molar-refractivity contribution in [3.63, 3.8) is 0 Å². The quantitative estimate of drug-likeness (QED) is 0.712. The summed E-state index contributed by atoms with van der Waals surface area (Å²) in [4.78, 5) is 0.595. The Morgan fingerprint density at radius 2 is 1.70 bits per heavy atom. The fourth-order valence-corrected chi connectivity index (χ4v) is 3.32. The lowest BCUT2D eigenvalue weighted by Crippen LogP contribution is -1.98. The Bertz CT molecular complexity index is 785. The third-order valence-electron chi connectivity index (χ3n) is 3.02. The van der Waals surface area contributed by atoms with Gasteiger partial charge in [-0.25, -0.2) is 8.78 Å². The van der Waals surface area contributed by atoms with Gasteiger partial charge < -0.3 is 5.11 Å². The van der Waals surface area contributed by atoms with Gasteiger partial charge in [0.15, 0.2) is 0 Å². The van der Waals surface area contributed by atoms with E-state index in [0.717, 1.165) is 4.70 Å². The second kappa shape index (κ2) is 5.13. The van der Waals surface area contributed by atoms with Gasteiger partial charge in [0.05, 0.1) is 0 Å². The minimum atomic E-state index is -1.03. The highest BCUT2D eigenvalue weighted by molar-refractivity contribution is 7.19. The minimum Gasteiger partial charge on any atom is -0.383 e. The number of thiophene rings is 1. The number of hydrogen-bond acceptors (Lipinski definition) is 2. The van der Waals surface area contributed by atoms with Gasteiger partial charge in [-0.1, -0.05) is 11.6 Å². The van der Waals surface area contributed by atoms with Crippen molar-refractivity contribution in [3.8, 4) is 0 Å². The molecule has 20 heavy (non-hydrogen) atoms. The van der Waals surface area contributed by atoms with E-state index < -0.39 is 11.9 Å². The van der Waals surface area contributed by atoms with Gasteiger partial charge in [-0.3, -0.25) is 0 Å². The first-order valence-electron chi connectivity index (χ1n) is 5.86. The average molecular weight is 311 g/mol. The van der Waals surface area contributed by atoms with Crippen LogP contribution >= 0.6 is 22.9 Å². The van der Waals surface area contributed by atoms with E-state index in [9.17, 15) is 13.9 Å². The molecule has 1 heterocycles. The number of aliphatic hydroxyl groups is 1. The molecule has 0 radical (unpaired) electrons. The average Bonchev–Trinajstić information content (AvgIpc) is 2.83. The van der Waals surface area contributed by atoms with Crippen LogP contribution in [0.15, 0.2) is 42.5 Å². The predicted molar refractivity (Wildman–Crippen MR) is 77.3 cm³/mol. The molecule has 0 saturated heterocycles. The molecule has 3 rings (SSSR count). The first-order chi connectivity index (χ1) is 9.54. The summed E-state index contributed by atoms with van der Waals surface area (Å²) in [5.74, 6) is -0.796. The van der Waals surface area contributed by atoms with Crippen LogP contribution < -0.4 is 0 Å². The summed E-state index contributed by atoms with van der Waals surface area (Å²) in [5, 5.41) is 11.3. The molecule has 0 spiro atoms. The van der Waals surface area contributed by atoms with Crippen LogP contribution in [0.1, 0.15) is 16.5 Å². The van der Waals surface area contributed by atoms with Crippen molar-refractivity contribution in [1.29, 1.82) is 0 Å². The molecule has 0 aliphatic rings. The van der Waals surface area contributed by atoms with Gasteiger partial charge in [0.2, 0.25) is 0 Å². The number of aliphatic hydroxyl groups excluding tert-OH is 1. The number of benzene rings is 2. The fourth-order valence-electron chi connectivity index (χ4n) is 2.05. The van der Waals surface area contributed by atoms with Crippen molar-refractivity contribution >= 4 is 33.0 Å². The summed E-state index contributed by atoms with van der Waals surface area (Å²) in [6, 6.07) is 9.95. The lowest BCUT2D eigenvalue weighted by atomic mass is 10.1. The molecular weight excluding hydrogens is 302 g/mol. The Morgan fingerprint density at radius 3 is 2.50 bits per heavy atom. The Balaban J connectivity index is 2.07. The molecule has 0 aliphatic heterocycles. The number of hydrogen-bond donors (Lipinski definition) is 1. The lowest BCUT2D eigenvalue weighted by molar-refractivity contribution is 0.224. The summed E-state index contributed by atoms with van der Waals surface area (Å²) in [7, 11) is 0. The van der Waals surface area contributed by atoms with Crippen LogP contribution in [-0.4, -0.2) is 5.11 Å². The SMILES string of the molecule is OC(c1cc2cc(F)ccc2s1)c1cc(F)ccc1Cl. The summed E-state index contributed by atoms with van der Waals surface area (Å²) in [6.07, 6.45) is -1.03. The molecule has 5 heteroatoms. The second-order valence-electron chi connectivity index (χ2n) is 4.40. The molecule has 0 aliphatic carbocycles. The van der Waals surface area contributed by atoms with Crippen LogP contribution in [0.25, 0.3) is 10.1 Å². The van der Waals surface area contributed by atoms with E-state index >= 15 is 0 Å². The highest BCUT2D eigenvalue weighted by atomic mass is 35.5. The van der Waals surface area contributed by atoms with Crippen LogP contribution in [0.3, 0.4) is 0 Å². The standard InChI is InChI=1S/C15H9ClF2OS/c16-12-3-1-10(18)7-11(12)15(19)14-6-8-5-9(17)2-4-13(8)20-14/h1-7,15,19H. The van der Waals surface area contributed by atoms with E-state index in [1.54, 1.807) is 12.1 Å². The van der Waals surface area contributed by atoms with E-state index in [2.05, 4.69) is 0 Å². The molecule has 2 aromatic carbocycles. The highest BCUT2D eigenvalue weighted by Crippen LogP contribution is 2.36. The highest BCUT2D eigenvalue weighted by Gasteiger charge is 2.17. The number of rotatable bonds is 2. The summed E-state index contributed by atoms with van der Waals surface area (Å²) in [5.41, 5.74) is 0.304. The van der Waals surface area contributed by atoms with Crippen molar-refractivity contribution in [2.45, 2.75) is 6.10 Å². The van der Waals surface area contributed by atoms with Gasteiger partial charge in [-0.2, -0.15) is 0 Å². The maximum absolute atomic E-state index is 13.3. The summed E-state index contributed by atoms with van der Waals surface area (Å²) >= 11 is 7.31.